The summed E-state index contributed by atoms with van der Waals surface area (Å²) < 4.78 is 0. The molecule has 0 atom stereocenters. The van der Waals surface area contributed by atoms with Crippen molar-refractivity contribution in [3.8, 4) is 0 Å². The van der Waals surface area contributed by atoms with E-state index < -0.39 is 5.97 Å². The Morgan fingerprint density at radius 2 is 2.15 bits per heavy atom. The van der Waals surface area contributed by atoms with Gasteiger partial charge in [-0.05, 0) is 18.3 Å². The van der Waals surface area contributed by atoms with Crippen molar-refractivity contribution in [3.05, 3.63) is 30.5 Å². The summed E-state index contributed by atoms with van der Waals surface area (Å²) >= 11 is 0. The first-order chi connectivity index (χ1) is 9.69. The van der Waals surface area contributed by atoms with E-state index in [2.05, 4.69) is 15.5 Å². The fourth-order valence-electron chi connectivity index (χ4n) is 2.84. The number of aliphatic carboxylic acids is 1. The summed E-state index contributed by atoms with van der Waals surface area (Å²) in [5.41, 5.74) is -0.121. The van der Waals surface area contributed by atoms with Gasteiger partial charge in [0.15, 0.2) is 5.82 Å². The lowest BCUT2D eigenvalue weighted by Crippen LogP contribution is -2.38. The van der Waals surface area contributed by atoms with Crippen molar-refractivity contribution in [1.29, 1.82) is 0 Å². The Kier molecular flexibility index (Phi) is 3.26. The molecule has 1 saturated carbocycles. The van der Waals surface area contributed by atoms with Crippen LogP contribution in [0, 0.1) is 5.41 Å². The van der Waals surface area contributed by atoms with Crippen molar-refractivity contribution in [1.82, 2.24) is 10.2 Å². The Bertz CT molecular complexity index is 633. The number of carboxylic acids is 1. The molecule has 1 aromatic heterocycles. The van der Waals surface area contributed by atoms with Crippen molar-refractivity contribution in [2.24, 2.45) is 5.41 Å². The van der Waals surface area contributed by atoms with Gasteiger partial charge in [-0.25, -0.2) is 0 Å². The molecule has 0 bridgehead atoms. The highest BCUT2D eigenvalue weighted by Gasteiger charge is 2.38. The van der Waals surface area contributed by atoms with Crippen LogP contribution in [-0.2, 0) is 4.79 Å². The van der Waals surface area contributed by atoms with Crippen molar-refractivity contribution in [2.45, 2.75) is 25.7 Å². The molecule has 104 valence electrons. The third kappa shape index (κ3) is 2.43. The van der Waals surface area contributed by atoms with Gasteiger partial charge in [-0.15, -0.1) is 5.10 Å². The molecular weight excluding hydrogens is 254 g/mol. The molecule has 0 aliphatic heterocycles. The first-order valence-electron chi connectivity index (χ1n) is 6.85. The zero-order valence-corrected chi connectivity index (χ0v) is 11.2. The van der Waals surface area contributed by atoms with Crippen LogP contribution in [0.5, 0.6) is 0 Å². The summed E-state index contributed by atoms with van der Waals surface area (Å²) in [7, 11) is 0. The van der Waals surface area contributed by atoms with E-state index in [1.54, 1.807) is 6.20 Å². The first-order valence-corrected chi connectivity index (χ1v) is 6.85. The molecule has 20 heavy (non-hydrogen) atoms. The Morgan fingerprint density at radius 1 is 1.35 bits per heavy atom. The molecule has 0 amide bonds. The van der Waals surface area contributed by atoms with E-state index in [0.29, 0.717) is 6.54 Å². The van der Waals surface area contributed by atoms with E-state index in [4.69, 9.17) is 5.11 Å². The fraction of sp³-hybridized carbons (Fsp3) is 0.400. The van der Waals surface area contributed by atoms with Crippen LogP contribution in [0.3, 0.4) is 0 Å². The maximum absolute atomic E-state index is 11.0. The van der Waals surface area contributed by atoms with Crippen molar-refractivity contribution >= 4 is 22.6 Å². The fourth-order valence-corrected chi connectivity index (χ4v) is 2.84. The average molecular weight is 271 g/mol. The van der Waals surface area contributed by atoms with Gasteiger partial charge in [0, 0.05) is 17.3 Å². The number of nitrogens with one attached hydrogen (secondary N) is 1. The third-order valence-electron chi connectivity index (χ3n) is 4.14. The highest BCUT2D eigenvalue weighted by atomic mass is 16.4. The Hall–Kier alpha value is -2.17. The van der Waals surface area contributed by atoms with Gasteiger partial charge in [0.1, 0.15) is 0 Å². The number of anilines is 1. The largest absolute Gasteiger partial charge is 0.481 e. The van der Waals surface area contributed by atoms with Crippen LogP contribution in [0.15, 0.2) is 30.5 Å². The van der Waals surface area contributed by atoms with Crippen LogP contribution in [-0.4, -0.2) is 27.8 Å². The van der Waals surface area contributed by atoms with E-state index in [-0.39, 0.29) is 11.8 Å². The van der Waals surface area contributed by atoms with Gasteiger partial charge in [-0.2, -0.15) is 5.10 Å². The summed E-state index contributed by atoms with van der Waals surface area (Å²) in [6, 6.07) is 7.92. The Morgan fingerprint density at radius 3 is 2.85 bits per heavy atom. The SMILES string of the molecule is O=C(O)CC1(CNc2nncc3ccccc23)CCC1. The quantitative estimate of drug-likeness (QED) is 0.874. The number of carboxylic acid groups (broad SMARTS) is 1. The van der Waals surface area contributed by atoms with E-state index in [1.807, 2.05) is 24.3 Å². The maximum Gasteiger partial charge on any atom is 0.303 e. The van der Waals surface area contributed by atoms with Crippen LogP contribution in [0.1, 0.15) is 25.7 Å². The molecule has 1 aliphatic carbocycles. The molecule has 2 aromatic rings. The van der Waals surface area contributed by atoms with Crippen LogP contribution < -0.4 is 5.32 Å². The number of fused-ring (bicyclic) bond motifs is 1. The molecule has 0 radical (unpaired) electrons. The average Bonchev–Trinajstić information content (AvgIpc) is 2.41. The molecule has 3 rings (SSSR count). The second-order valence-electron chi connectivity index (χ2n) is 5.56. The minimum atomic E-state index is -0.726. The number of aromatic nitrogens is 2. The molecular formula is C15H17N3O2. The number of carbonyl (C=O) groups is 1. The topological polar surface area (TPSA) is 75.1 Å². The van der Waals surface area contributed by atoms with Crippen LogP contribution in [0.4, 0.5) is 5.82 Å². The molecule has 1 aromatic carbocycles. The minimum absolute atomic E-state index is 0.121. The van der Waals surface area contributed by atoms with Crippen LogP contribution in [0.2, 0.25) is 0 Å². The van der Waals surface area contributed by atoms with Crippen LogP contribution >= 0.6 is 0 Å². The van der Waals surface area contributed by atoms with Crippen molar-refractivity contribution < 1.29 is 9.90 Å². The van der Waals surface area contributed by atoms with E-state index in [0.717, 1.165) is 35.9 Å². The number of hydrogen-bond donors (Lipinski definition) is 2. The molecule has 1 heterocycles. The molecule has 1 fully saturated rings. The first kappa shape index (κ1) is 12.8. The normalized spacial score (nSPS) is 16.6. The summed E-state index contributed by atoms with van der Waals surface area (Å²) in [6.45, 7) is 0.641. The molecule has 0 spiro atoms. The molecule has 0 unspecified atom stereocenters. The zero-order valence-electron chi connectivity index (χ0n) is 11.2. The molecule has 0 saturated heterocycles. The Labute approximate surface area is 117 Å². The highest BCUT2D eigenvalue weighted by molar-refractivity contribution is 5.90. The number of rotatable bonds is 5. The zero-order chi connectivity index (χ0) is 14.0. The minimum Gasteiger partial charge on any atom is -0.481 e. The lowest BCUT2D eigenvalue weighted by atomic mass is 9.66. The summed E-state index contributed by atoms with van der Waals surface area (Å²) in [5, 5.41) is 22.5. The van der Waals surface area contributed by atoms with E-state index in [1.165, 1.54) is 0 Å². The second kappa shape index (κ2) is 5.07. The monoisotopic (exact) mass is 271 g/mol. The van der Waals surface area contributed by atoms with E-state index in [9.17, 15) is 4.79 Å². The van der Waals surface area contributed by atoms with Gasteiger partial charge in [-0.3, -0.25) is 4.79 Å². The van der Waals surface area contributed by atoms with Crippen molar-refractivity contribution in [3.63, 3.8) is 0 Å². The standard InChI is InChI=1S/C15H17N3O2/c19-13(20)8-15(6-3-7-15)10-16-14-12-5-2-1-4-11(12)9-17-18-14/h1-2,4-5,9H,3,6-8,10H2,(H,16,18)(H,19,20). The molecule has 5 heteroatoms. The molecule has 1 aliphatic rings. The predicted molar refractivity (Wildman–Crippen MR) is 76.6 cm³/mol. The molecule has 5 nitrogen and oxygen atoms in total. The van der Waals surface area contributed by atoms with Gasteiger partial charge in [0.2, 0.25) is 0 Å². The highest BCUT2D eigenvalue weighted by Crippen LogP contribution is 2.44. The summed E-state index contributed by atoms with van der Waals surface area (Å²) in [5.74, 6) is 0.00951. The number of benzene rings is 1. The van der Waals surface area contributed by atoms with Gasteiger partial charge in [0.25, 0.3) is 0 Å². The predicted octanol–water partition coefficient (Wildman–Crippen LogP) is 2.69. The maximum atomic E-state index is 11.0. The van der Waals surface area contributed by atoms with Gasteiger partial charge in [0.05, 0.1) is 12.6 Å². The third-order valence-corrected chi connectivity index (χ3v) is 4.14. The van der Waals surface area contributed by atoms with Crippen molar-refractivity contribution in [2.75, 3.05) is 11.9 Å². The van der Waals surface area contributed by atoms with E-state index >= 15 is 0 Å². The van der Waals surface area contributed by atoms with Crippen LogP contribution in [0.25, 0.3) is 10.8 Å². The summed E-state index contributed by atoms with van der Waals surface area (Å²) in [4.78, 5) is 11.0. The lowest BCUT2D eigenvalue weighted by molar-refractivity contribution is -0.141. The summed E-state index contributed by atoms with van der Waals surface area (Å²) in [6.07, 6.45) is 4.99. The van der Waals surface area contributed by atoms with Gasteiger partial charge in [-0.1, -0.05) is 30.7 Å². The lowest BCUT2D eigenvalue weighted by Gasteiger charge is -2.41. The van der Waals surface area contributed by atoms with Gasteiger partial charge >= 0.3 is 5.97 Å². The number of hydrogen-bond acceptors (Lipinski definition) is 4. The second-order valence-corrected chi connectivity index (χ2v) is 5.56. The molecule has 2 N–H and O–H groups in total. The van der Waals surface area contributed by atoms with Gasteiger partial charge < -0.3 is 10.4 Å². The number of nitrogens with zero attached hydrogens (tertiary/aromatic N) is 2. The smallest absolute Gasteiger partial charge is 0.303 e. The Balaban J connectivity index is 1.78.